The zero-order valence-electron chi connectivity index (χ0n) is 18.0. The van der Waals surface area contributed by atoms with Gasteiger partial charge in [0.25, 0.3) is 5.91 Å². The molecule has 0 spiro atoms. The van der Waals surface area contributed by atoms with E-state index in [1.54, 1.807) is 41.3 Å². The number of halogens is 2. The number of hydrogen-bond donors (Lipinski definition) is 1. The molecule has 0 aliphatic rings. The van der Waals surface area contributed by atoms with Crippen LogP contribution in [0.5, 0.6) is 11.5 Å². The molecule has 9 heteroatoms. The summed E-state index contributed by atoms with van der Waals surface area (Å²) in [4.78, 5) is 12.5. The Morgan fingerprint density at radius 1 is 1.12 bits per heavy atom. The van der Waals surface area contributed by atoms with Gasteiger partial charge in [0, 0.05) is 4.47 Å². The monoisotopic (exact) mass is 529 g/mol. The maximum atomic E-state index is 12.5. The fourth-order valence-electron chi connectivity index (χ4n) is 3.11. The Kier molecular flexibility index (Phi) is 7.05. The smallest absolute Gasteiger partial charge is 0.291 e. The molecular formula is C24H21BrClN3O4. The highest BCUT2D eigenvalue weighted by Crippen LogP contribution is 2.28. The molecule has 0 radical (unpaired) electrons. The SMILES string of the molecule is Cc1ccc(OCn2cc(NC(=O)c3ccc(COc4ccc(Br)cc4Cl)o3)cn2)c(C)c1. The molecule has 1 amide bonds. The maximum Gasteiger partial charge on any atom is 0.291 e. The molecule has 1 N–H and O–H groups in total. The first kappa shape index (κ1) is 22.9. The van der Waals surface area contributed by atoms with Crippen LogP contribution in [0.25, 0.3) is 0 Å². The van der Waals surface area contributed by atoms with E-state index in [4.69, 9.17) is 25.5 Å². The van der Waals surface area contributed by atoms with Gasteiger partial charge < -0.3 is 19.2 Å². The molecule has 4 aromatic rings. The van der Waals surface area contributed by atoms with Crippen LogP contribution in [-0.4, -0.2) is 15.7 Å². The molecule has 2 aromatic heterocycles. The van der Waals surface area contributed by atoms with Crippen molar-refractivity contribution in [3.8, 4) is 11.5 Å². The molecule has 0 fully saturated rings. The highest BCUT2D eigenvalue weighted by Gasteiger charge is 2.14. The van der Waals surface area contributed by atoms with Crippen molar-refractivity contribution >= 4 is 39.1 Å². The Morgan fingerprint density at radius 3 is 2.73 bits per heavy atom. The van der Waals surface area contributed by atoms with Crippen LogP contribution < -0.4 is 14.8 Å². The Labute approximate surface area is 204 Å². The number of hydrogen-bond acceptors (Lipinski definition) is 5. The van der Waals surface area contributed by atoms with Crippen LogP contribution in [0, 0.1) is 13.8 Å². The molecule has 0 bridgehead atoms. The second kappa shape index (κ2) is 10.1. The fourth-order valence-corrected chi connectivity index (χ4v) is 3.84. The number of nitrogens with zero attached hydrogens (tertiary/aromatic N) is 2. The van der Waals surface area contributed by atoms with Gasteiger partial charge in [-0.1, -0.05) is 45.2 Å². The minimum Gasteiger partial charge on any atom is -0.484 e. The van der Waals surface area contributed by atoms with Gasteiger partial charge in [0.2, 0.25) is 0 Å². The maximum absolute atomic E-state index is 12.5. The summed E-state index contributed by atoms with van der Waals surface area (Å²) >= 11 is 9.50. The third kappa shape index (κ3) is 5.97. The molecule has 0 unspecified atom stereocenters. The van der Waals surface area contributed by atoms with E-state index in [1.807, 2.05) is 32.0 Å². The van der Waals surface area contributed by atoms with Gasteiger partial charge in [-0.15, -0.1) is 0 Å². The topological polar surface area (TPSA) is 78.5 Å². The van der Waals surface area contributed by atoms with E-state index in [0.29, 0.717) is 22.2 Å². The zero-order valence-corrected chi connectivity index (χ0v) is 20.3. The van der Waals surface area contributed by atoms with Crippen LogP contribution in [0.1, 0.15) is 27.4 Å². The van der Waals surface area contributed by atoms with Crippen LogP contribution in [0.4, 0.5) is 5.69 Å². The van der Waals surface area contributed by atoms with E-state index in [2.05, 4.69) is 32.4 Å². The van der Waals surface area contributed by atoms with Crippen LogP contribution in [-0.2, 0) is 13.3 Å². The van der Waals surface area contributed by atoms with Gasteiger partial charge in [0.05, 0.1) is 23.1 Å². The lowest BCUT2D eigenvalue weighted by Crippen LogP contribution is -2.10. The number of furan rings is 1. The minimum atomic E-state index is -0.391. The lowest BCUT2D eigenvalue weighted by atomic mass is 10.1. The predicted molar refractivity (Wildman–Crippen MR) is 129 cm³/mol. The number of ether oxygens (including phenoxy) is 2. The van der Waals surface area contributed by atoms with Gasteiger partial charge in [0.1, 0.15) is 23.9 Å². The first-order valence-corrected chi connectivity index (χ1v) is 11.2. The molecule has 0 atom stereocenters. The quantitative estimate of drug-likeness (QED) is 0.286. The summed E-state index contributed by atoms with van der Waals surface area (Å²) in [6, 6.07) is 14.6. The van der Waals surface area contributed by atoms with Crippen molar-refractivity contribution in [3.63, 3.8) is 0 Å². The highest BCUT2D eigenvalue weighted by atomic mass is 79.9. The van der Waals surface area contributed by atoms with Crippen molar-refractivity contribution in [3.05, 3.63) is 93.1 Å². The second-order valence-electron chi connectivity index (χ2n) is 7.39. The van der Waals surface area contributed by atoms with Gasteiger partial charge in [-0.3, -0.25) is 4.79 Å². The molecule has 4 rings (SSSR count). The molecule has 0 saturated carbocycles. The molecular weight excluding hydrogens is 510 g/mol. The minimum absolute atomic E-state index is 0.141. The van der Waals surface area contributed by atoms with Gasteiger partial charge in [0.15, 0.2) is 12.5 Å². The Hall–Kier alpha value is -3.23. The average Bonchev–Trinajstić information content (AvgIpc) is 3.42. The molecule has 33 heavy (non-hydrogen) atoms. The Bertz CT molecular complexity index is 1280. The molecule has 0 aliphatic heterocycles. The van der Waals surface area contributed by atoms with E-state index in [9.17, 15) is 4.79 Å². The van der Waals surface area contributed by atoms with Crippen LogP contribution in [0.15, 0.2) is 69.8 Å². The number of nitrogens with one attached hydrogen (secondary N) is 1. The summed E-state index contributed by atoms with van der Waals surface area (Å²) in [5, 5.41) is 7.46. The van der Waals surface area contributed by atoms with E-state index in [0.717, 1.165) is 15.8 Å². The standard InChI is InChI=1S/C24H21BrClN3O4/c1-15-3-6-21(16(2)9-15)32-14-29-12-18(11-27-29)28-24(30)23-8-5-19(33-23)13-31-22-7-4-17(25)10-20(22)26/h3-12H,13-14H2,1-2H3,(H,28,30). The van der Waals surface area contributed by atoms with Crippen molar-refractivity contribution in [1.29, 1.82) is 0 Å². The molecule has 7 nitrogen and oxygen atoms in total. The number of rotatable bonds is 8. The van der Waals surface area contributed by atoms with Crippen molar-refractivity contribution in [1.82, 2.24) is 9.78 Å². The first-order chi connectivity index (χ1) is 15.9. The van der Waals surface area contributed by atoms with Crippen molar-refractivity contribution in [2.75, 3.05) is 5.32 Å². The number of benzene rings is 2. The predicted octanol–water partition coefficient (Wildman–Crippen LogP) is 6.38. The number of amides is 1. The van der Waals surface area contributed by atoms with Crippen molar-refractivity contribution < 1.29 is 18.7 Å². The zero-order chi connectivity index (χ0) is 23.4. The lowest BCUT2D eigenvalue weighted by Gasteiger charge is -2.09. The average molecular weight is 531 g/mol. The van der Waals surface area contributed by atoms with Gasteiger partial charge in [-0.25, -0.2) is 4.68 Å². The highest BCUT2D eigenvalue weighted by molar-refractivity contribution is 9.10. The van der Waals surface area contributed by atoms with Gasteiger partial charge >= 0.3 is 0 Å². The number of carbonyl (C=O) groups is 1. The molecule has 0 aliphatic carbocycles. The van der Waals surface area contributed by atoms with Crippen LogP contribution in [0.2, 0.25) is 5.02 Å². The third-order valence-corrected chi connectivity index (χ3v) is 5.51. The van der Waals surface area contributed by atoms with E-state index < -0.39 is 5.91 Å². The summed E-state index contributed by atoms with van der Waals surface area (Å²) in [5.74, 6) is 1.58. The largest absolute Gasteiger partial charge is 0.484 e. The summed E-state index contributed by atoms with van der Waals surface area (Å²) < 4.78 is 19.5. The summed E-state index contributed by atoms with van der Waals surface area (Å²) in [5.41, 5.74) is 2.75. The van der Waals surface area contributed by atoms with Gasteiger partial charge in [-0.2, -0.15) is 5.10 Å². The van der Waals surface area contributed by atoms with Crippen molar-refractivity contribution in [2.45, 2.75) is 27.2 Å². The summed E-state index contributed by atoms with van der Waals surface area (Å²) in [6.45, 7) is 4.39. The number of anilines is 1. The van der Waals surface area contributed by atoms with E-state index >= 15 is 0 Å². The number of aromatic nitrogens is 2. The fraction of sp³-hybridized carbons (Fsp3) is 0.167. The van der Waals surface area contributed by atoms with E-state index in [-0.39, 0.29) is 19.1 Å². The van der Waals surface area contributed by atoms with Crippen LogP contribution in [0.3, 0.4) is 0 Å². The number of aryl methyl sites for hydroxylation is 2. The molecule has 2 heterocycles. The lowest BCUT2D eigenvalue weighted by molar-refractivity contribution is 0.0992. The van der Waals surface area contributed by atoms with Gasteiger partial charge in [-0.05, 0) is 55.8 Å². The normalized spacial score (nSPS) is 10.8. The number of carbonyl (C=O) groups excluding carboxylic acids is 1. The van der Waals surface area contributed by atoms with E-state index in [1.165, 1.54) is 5.56 Å². The Morgan fingerprint density at radius 2 is 1.94 bits per heavy atom. The molecule has 2 aromatic carbocycles. The first-order valence-electron chi connectivity index (χ1n) is 10.1. The Balaban J connectivity index is 1.30. The molecule has 170 valence electrons. The second-order valence-corrected chi connectivity index (χ2v) is 8.72. The summed E-state index contributed by atoms with van der Waals surface area (Å²) in [7, 11) is 0. The summed E-state index contributed by atoms with van der Waals surface area (Å²) in [6.07, 6.45) is 3.23. The van der Waals surface area contributed by atoms with Crippen LogP contribution >= 0.6 is 27.5 Å². The molecule has 0 saturated heterocycles. The third-order valence-electron chi connectivity index (χ3n) is 4.72. The van der Waals surface area contributed by atoms with Crippen molar-refractivity contribution in [2.24, 2.45) is 0 Å².